The van der Waals surface area contributed by atoms with Gasteiger partial charge in [0.05, 0.1) is 22.8 Å². The van der Waals surface area contributed by atoms with Crippen molar-refractivity contribution in [3.05, 3.63) is 29.3 Å². The molecule has 2 rings (SSSR count). The topological polar surface area (TPSA) is 84.2 Å². The highest BCUT2D eigenvalue weighted by atomic mass is 35.5. The number of hydrogen-bond acceptors (Lipinski definition) is 5. The molecule has 0 saturated heterocycles. The number of ether oxygens (including phenoxy) is 1. The summed E-state index contributed by atoms with van der Waals surface area (Å²) >= 11 is 5.71. The molecular weight excluding hydrogens is 302 g/mol. The minimum atomic E-state index is -3.75. The van der Waals surface area contributed by atoms with Gasteiger partial charge >= 0.3 is 5.97 Å². The third-order valence-corrected chi connectivity index (χ3v) is 5.75. The van der Waals surface area contributed by atoms with Crippen LogP contribution in [0, 0.1) is 16.7 Å². The average Bonchev–Trinajstić information content (AvgIpc) is 3.16. The maximum atomic E-state index is 12.4. The summed E-state index contributed by atoms with van der Waals surface area (Å²) in [5, 5.41) is 8.50. The fourth-order valence-electron chi connectivity index (χ4n) is 2.03. The van der Waals surface area contributed by atoms with Gasteiger partial charge in [0, 0.05) is 5.02 Å². The molecule has 0 heterocycles. The molecule has 1 saturated carbocycles. The second kappa shape index (κ2) is 5.08. The normalized spacial score (nSPS) is 24.8. The first kappa shape index (κ1) is 14.8. The fourth-order valence-corrected chi connectivity index (χ4v) is 4.17. The van der Waals surface area contributed by atoms with E-state index in [1.165, 1.54) is 24.3 Å². The van der Waals surface area contributed by atoms with Crippen LogP contribution in [0.25, 0.3) is 0 Å². The minimum Gasteiger partial charge on any atom is -0.465 e. The molecule has 2 atom stereocenters. The molecule has 5 nitrogen and oxygen atoms in total. The Labute approximate surface area is 122 Å². The first-order valence-corrected chi connectivity index (χ1v) is 7.89. The molecule has 0 aromatic heterocycles. The summed E-state index contributed by atoms with van der Waals surface area (Å²) in [6.45, 7) is 1.71. The van der Waals surface area contributed by atoms with Gasteiger partial charge in [0.1, 0.15) is 0 Å². The maximum Gasteiger partial charge on any atom is 0.327 e. The van der Waals surface area contributed by atoms with Gasteiger partial charge < -0.3 is 4.74 Å². The third-order valence-electron chi connectivity index (χ3n) is 3.25. The second-order valence-corrected chi connectivity index (χ2v) is 7.06. The molecule has 0 spiro atoms. The lowest BCUT2D eigenvalue weighted by Gasteiger charge is -2.08. The van der Waals surface area contributed by atoms with Gasteiger partial charge in [0.15, 0.2) is 15.3 Å². The van der Waals surface area contributed by atoms with Crippen molar-refractivity contribution in [2.75, 3.05) is 6.61 Å². The number of halogens is 1. The highest BCUT2D eigenvalue weighted by Gasteiger charge is 2.68. The number of benzene rings is 1. The lowest BCUT2D eigenvalue weighted by atomic mass is 10.1. The largest absolute Gasteiger partial charge is 0.465 e. The van der Waals surface area contributed by atoms with Crippen molar-refractivity contribution in [1.29, 1.82) is 5.26 Å². The summed E-state index contributed by atoms with van der Waals surface area (Å²) in [5.41, 5.74) is -1.57. The number of nitrogens with zero attached hydrogens (tertiary/aromatic N) is 1. The van der Waals surface area contributed by atoms with Crippen LogP contribution in [-0.2, 0) is 19.4 Å². The zero-order chi connectivity index (χ0) is 15.0. The Morgan fingerprint density at radius 3 is 2.60 bits per heavy atom. The molecule has 0 amide bonds. The fraction of sp³-hybridized carbons (Fsp3) is 0.385. The van der Waals surface area contributed by atoms with Gasteiger partial charge in [0.25, 0.3) is 0 Å². The van der Waals surface area contributed by atoms with Crippen molar-refractivity contribution < 1.29 is 17.9 Å². The summed E-state index contributed by atoms with van der Waals surface area (Å²) in [6, 6.07) is 7.43. The Morgan fingerprint density at radius 2 is 2.10 bits per heavy atom. The van der Waals surface area contributed by atoms with Crippen LogP contribution in [-0.4, -0.2) is 26.2 Å². The predicted octanol–water partition coefficient (Wildman–Crippen LogP) is 1.96. The smallest absolute Gasteiger partial charge is 0.327 e. The maximum absolute atomic E-state index is 12.4. The Morgan fingerprint density at radius 1 is 1.50 bits per heavy atom. The molecule has 106 valence electrons. The Bertz CT molecular complexity index is 677. The van der Waals surface area contributed by atoms with Crippen molar-refractivity contribution in [1.82, 2.24) is 0 Å². The number of rotatable bonds is 4. The van der Waals surface area contributed by atoms with Crippen LogP contribution in [0.3, 0.4) is 0 Å². The van der Waals surface area contributed by atoms with E-state index in [1.807, 2.05) is 0 Å². The molecule has 7 heteroatoms. The van der Waals surface area contributed by atoms with Crippen LogP contribution in [0.5, 0.6) is 0 Å². The summed E-state index contributed by atoms with van der Waals surface area (Å²) < 4.78 is 29.6. The van der Waals surface area contributed by atoms with Crippen molar-refractivity contribution in [3.63, 3.8) is 0 Å². The van der Waals surface area contributed by atoms with Crippen molar-refractivity contribution in [3.8, 4) is 6.07 Å². The number of hydrogen-bond donors (Lipinski definition) is 0. The highest BCUT2D eigenvalue weighted by Crippen LogP contribution is 2.53. The zero-order valence-electron chi connectivity index (χ0n) is 10.7. The van der Waals surface area contributed by atoms with Gasteiger partial charge in [-0.15, -0.1) is 0 Å². The summed E-state index contributed by atoms with van der Waals surface area (Å²) in [7, 11) is -3.75. The molecule has 1 fully saturated rings. The van der Waals surface area contributed by atoms with Crippen molar-refractivity contribution >= 4 is 27.4 Å². The Balaban J connectivity index is 2.32. The van der Waals surface area contributed by atoms with Gasteiger partial charge in [-0.1, -0.05) is 11.6 Å². The average molecular weight is 314 g/mol. The van der Waals surface area contributed by atoms with Crippen LogP contribution >= 0.6 is 11.6 Å². The van der Waals surface area contributed by atoms with Crippen molar-refractivity contribution in [2.45, 2.75) is 23.5 Å². The van der Waals surface area contributed by atoms with Gasteiger partial charge in [0.2, 0.25) is 0 Å². The van der Waals surface area contributed by atoms with Crippen molar-refractivity contribution in [2.24, 2.45) is 5.41 Å². The molecule has 0 bridgehead atoms. The zero-order valence-corrected chi connectivity index (χ0v) is 12.2. The van der Waals surface area contributed by atoms with Crippen LogP contribution < -0.4 is 0 Å². The van der Waals surface area contributed by atoms with E-state index in [0.717, 1.165) is 0 Å². The summed E-state index contributed by atoms with van der Waals surface area (Å²) in [4.78, 5) is 11.8. The molecule has 0 aliphatic heterocycles. The summed E-state index contributed by atoms with van der Waals surface area (Å²) in [6.07, 6.45) is -0.0344. The van der Waals surface area contributed by atoms with Crippen LogP contribution in [0.15, 0.2) is 29.2 Å². The highest BCUT2D eigenvalue weighted by molar-refractivity contribution is 7.92. The standard InChI is InChI=1S/C13H12ClNO4S/c1-2-19-12(16)13(8-15)7-11(13)20(17,18)10-5-3-9(14)4-6-10/h3-6,11H,2,7H2,1H3/t11-,13-/m0/s1. The van der Waals surface area contributed by atoms with E-state index in [0.29, 0.717) is 5.02 Å². The molecule has 0 N–H and O–H groups in total. The molecular formula is C13H12ClNO4S. The first-order valence-electron chi connectivity index (χ1n) is 5.96. The molecule has 1 aromatic carbocycles. The van der Waals surface area contributed by atoms with E-state index >= 15 is 0 Å². The predicted molar refractivity (Wildman–Crippen MR) is 71.7 cm³/mol. The van der Waals surface area contributed by atoms with E-state index in [-0.39, 0.29) is 17.9 Å². The molecule has 0 radical (unpaired) electrons. The van der Waals surface area contributed by atoms with E-state index in [9.17, 15) is 13.2 Å². The number of esters is 1. The molecule has 0 unspecified atom stereocenters. The van der Waals surface area contributed by atoms with E-state index < -0.39 is 26.5 Å². The Kier molecular flexibility index (Phi) is 3.76. The van der Waals surface area contributed by atoms with Gasteiger partial charge in [-0.3, -0.25) is 4.79 Å². The van der Waals surface area contributed by atoms with Crippen LogP contribution in [0.2, 0.25) is 5.02 Å². The number of nitriles is 1. The Hall–Kier alpha value is -1.58. The van der Waals surface area contributed by atoms with E-state index in [2.05, 4.69) is 0 Å². The molecule has 1 aromatic rings. The van der Waals surface area contributed by atoms with Crippen LogP contribution in [0.1, 0.15) is 13.3 Å². The molecule has 1 aliphatic carbocycles. The molecule has 1 aliphatic rings. The van der Waals surface area contributed by atoms with Gasteiger partial charge in [-0.25, -0.2) is 8.42 Å². The summed E-state index contributed by atoms with van der Waals surface area (Å²) in [5.74, 6) is -0.773. The quantitative estimate of drug-likeness (QED) is 0.793. The third kappa shape index (κ3) is 2.28. The number of sulfone groups is 1. The first-order chi connectivity index (χ1) is 9.38. The monoisotopic (exact) mass is 313 g/mol. The minimum absolute atomic E-state index is 0.0344. The van der Waals surface area contributed by atoms with Gasteiger partial charge in [-0.2, -0.15) is 5.26 Å². The van der Waals surface area contributed by atoms with E-state index in [4.69, 9.17) is 21.6 Å². The lowest BCUT2D eigenvalue weighted by Crippen LogP contribution is -2.25. The number of carbonyl (C=O) groups excluding carboxylic acids is 1. The SMILES string of the molecule is CCOC(=O)[C@]1(C#N)C[C@@H]1S(=O)(=O)c1ccc(Cl)cc1. The molecule has 20 heavy (non-hydrogen) atoms. The second-order valence-electron chi connectivity index (χ2n) is 4.50. The van der Waals surface area contributed by atoms with Gasteiger partial charge in [-0.05, 0) is 37.6 Å². The van der Waals surface area contributed by atoms with Crippen LogP contribution in [0.4, 0.5) is 0 Å². The number of carbonyl (C=O) groups is 1. The van der Waals surface area contributed by atoms with E-state index in [1.54, 1.807) is 13.0 Å². The lowest BCUT2D eigenvalue weighted by molar-refractivity contribution is -0.147.